The number of aryl methyl sites for hydroxylation is 2. The fourth-order valence-electron chi connectivity index (χ4n) is 2.87. The van der Waals surface area contributed by atoms with Gasteiger partial charge in [-0.05, 0) is 31.9 Å². The predicted molar refractivity (Wildman–Crippen MR) is 90.5 cm³/mol. The van der Waals surface area contributed by atoms with Crippen molar-refractivity contribution < 1.29 is 14.3 Å². The zero-order valence-electron chi connectivity index (χ0n) is 14.6. The van der Waals surface area contributed by atoms with Gasteiger partial charge < -0.3 is 19.7 Å². The average molecular weight is 320 g/mol. The molecule has 0 unspecified atom stereocenters. The van der Waals surface area contributed by atoms with Crippen LogP contribution in [-0.2, 0) is 14.3 Å². The first-order chi connectivity index (χ1) is 11.0. The SMILES string of the molecule is COCCNCC(=O)N1C[C@H](c2cc(C)ccc2C)OC[C@H]1C. The first-order valence-corrected chi connectivity index (χ1v) is 8.20. The first-order valence-electron chi connectivity index (χ1n) is 8.20. The van der Waals surface area contributed by atoms with Crippen LogP contribution in [0.5, 0.6) is 0 Å². The van der Waals surface area contributed by atoms with Gasteiger partial charge in [0.25, 0.3) is 0 Å². The van der Waals surface area contributed by atoms with Crippen molar-refractivity contribution in [2.45, 2.75) is 32.9 Å². The van der Waals surface area contributed by atoms with Gasteiger partial charge in [-0.1, -0.05) is 23.8 Å². The summed E-state index contributed by atoms with van der Waals surface area (Å²) >= 11 is 0. The number of morpholine rings is 1. The summed E-state index contributed by atoms with van der Waals surface area (Å²) in [4.78, 5) is 14.4. The number of hydrogen-bond acceptors (Lipinski definition) is 4. The van der Waals surface area contributed by atoms with Gasteiger partial charge in [0.1, 0.15) is 6.10 Å². The zero-order chi connectivity index (χ0) is 16.8. The summed E-state index contributed by atoms with van der Waals surface area (Å²) in [7, 11) is 1.66. The summed E-state index contributed by atoms with van der Waals surface area (Å²) < 4.78 is 11.0. The van der Waals surface area contributed by atoms with E-state index in [1.807, 2.05) is 11.8 Å². The van der Waals surface area contributed by atoms with Crippen molar-refractivity contribution >= 4 is 5.91 Å². The third-order valence-electron chi connectivity index (χ3n) is 4.29. The van der Waals surface area contributed by atoms with Gasteiger partial charge in [0.2, 0.25) is 5.91 Å². The molecule has 1 heterocycles. The third-order valence-corrected chi connectivity index (χ3v) is 4.29. The maximum atomic E-state index is 12.5. The molecule has 2 rings (SSSR count). The summed E-state index contributed by atoms with van der Waals surface area (Å²) in [5.74, 6) is 0.118. The van der Waals surface area contributed by atoms with E-state index in [-0.39, 0.29) is 18.1 Å². The van der Waals surface area contributed by atoms with Gasteiger partial charge >= 0.3 is 0 Å². The molecule has 128 valence electrons. The van der Waals surface area contributed by atoms with Crippen molar-refractivity contribution in [3.8, 4) is 0 Å². The van der Waals surface area contributed by atoms with E-state index in [4.69, 9.17) is 9.47 Å². The molecule has 23 heavy (non-hydrogen) atoms. The highest BCUT2D eigenvalue weighted by atomic mass is 16.5. The molecule has 5 nitrogen and oxygen atoms in total. The molecule has 0 aromatic heterocycles. The molecule has 0 radical (unpaired) electrons. The molecular formula is C18H28N2O3. The number of rotatable bonds is 6. The largest absolute Gasteiger partial charge is 0.383 e. The Morgan fingerprint density at radius 2 is 2.22 bits per heavy atom. The van der Waals surface area contributed by atoms with Gasteiger partial charge in [-0.2, -0.15) is 0 Å². The molecule has 1 aliphatic rings. The van der Waals surface area contributed by atoms with Crippen LogP contribution in [0.4, 0.5) is 0 Å². The number of ether oxygens (including phenoxy) is 2. The first kappa shape index (κ1) is 17.9. The molecule has 5 heteroatoms. The average Bonchev–Trinajstić information content (AvgIpc) is 2.54. The normalized spacial score (nSPS) is 21.5. The van der Waals surface area contributed by atoms with E-state index in [0.717, 1.165) is 0 Å². The number of nitrogens with one attached hydrogen (secondary N) is 1. The minimum absolute atomic E-state index is 0.0472. The van der Waals surface area contributed by atoms with Crippen molar-refractivity contribution in [1.82, 2.24) is 10.2 Å². The van der Waals surface area contributed by atoms with Crippen molar-refractivity contribution in [3.05, 3.63) is 34.9 Å². The van der Waals surface area contributed by atoms with E-state index >= 15 is 0 Å². The number of amides is 1. The van der Waals surface area contributed by atoms with E-state index in [2.05, 4.69) is 37.4 Å². The van der Waals surface area contributed by atoms with E-state index < -0.39 is 0 Å². The number of carbonyl (C=O) groups is 1. The monoisotopic (exact) mass is 320 g/mol. The maximum absolute atomic E-state index is 12.5. The maximum Gasteiger partial charge on any atom is 0.236 e. The Bertz CT molecular complexity index is 533. The molecule has 2 atom stereocenters. The van der Waals surface area contributed by atoms with Crippen LogP contribution in [-0.4, -0.2) is 56.8 Å². The van der Waals surface area contributed by atoms with Crippen molar-refractivity contribution in [2.75, 3.05) is 40.0 Å². The van der Waals surface area contributed by atoms with Crippen LogP contribution >= 0.6 is 0 Å². The predicted octanol–water partition coefficient (Wildman–Crippen LogP) is 1.83. The van der Waals surface area contributed by atoms with Crippen molar-refractivity contribution in [3.63, 3.8) is 0 Å². The molecule has 1 saturated heterocycles. The van der Waals surface area contributed by atoms with E-state index in [1.54, 1.807) is 7.11 Å². The zero-order valence-corrected chi connectivity index (χ0v) is 14.6. The molecular weight excluding hydrogens is 292 g/mol. The lowest BCUT2D eigenvalue weighted by molar-refractivity contribution is -0.143. The summed E-state index contributed by atoms with van der Waals surface area (Å²) in [6, 6.07) is 6.49. The second-order valence-electron chi connectivity index (χ2n) is 6.25. The van der Waals surface area contributed by atoms with Crippen molar-refractivity contribution in [1.29, 1.82) is 0 Å². The Balaban J connectivity index is 2.01. The van der Waals surface area contributed by atoms with Crippen LogP contribution in [0.2, 0.25) is 0 Å². The van der Waals surface area contributed by atoms with Crippen LogP contribution in [0.15, 0.2) is 18.2 Å². The molecule has 1 N–H and O–H groups in total. The van der Waals surface area contributed by atoms with Gasteiger partial charge in [-0.25, -0.2) is 0 Å². The van der Waals surface area contributed by atoms with Gasteiger partial charge in [0.15, 0.2) is 0 Å². The second-order valence-corrected chi connectivity index (χ2v) is 6.25. The number of hydrogen-bond donors (Lipinski definition) is 1. The highest BCUT2D eigenvalue weighted by Crippen LogP contribution is 2.28. The summed E-state index contributed by atoms with van der Waals surface area (Å²) in [6.07, 6.45) is -0.0472. The minimum atomic E-state index is -0.0472. The number of nitrogens with zero attached hydrogens (tertiary/aromatic N) is 1. The molecule has 0 saturated carbocycles. The molecule has 1 aromatic carbocycles. The van der Waals surface area contributed by atoms with Gasteiger partial charge in [0.05, 0.1) is 32.3 Å². The quantitative estimate of drug-likeness (QED) is 0.813. The third kappa shape index (κ3) is 4.77. The van der Waals surface area contributed by atoms with Crippen LogP contribution in [0.1, 0.15) is 29.7 Å². The van der Waals surface area contributed by atoms with Crippen LogP contribution in [0.3, 0.4) is 0 Å². The Morgan fingerprint density at radius 3 is 2.96 bits per heavy atom. The molecule has 1 fully saturated rings. The Labute approximate surface area is 139 Å². The molecule has 1 aromatic rings. The minimum Gasteiger partial charge on any atom is -0.383 e. The smallest absolute Gasteiger partial charge is 0.236 e. The second kappa shape index (κ2) is 8.43. The molecule has 1 amide bonds. The summed E-state index contributed by atoms with van der Waals surface area (Å²) in [5.41, 5.74) is 3.61. The van der Waals surface area contributed by atoms with E-state index in [1.165, 1.54) is 16.7 Å². The highest BCUT2D eigenvalue weighted by molar-refractivity contribution is 5.78. The van der Waals surface area contributed by atoms with Gasteiger partial charge in [-0.3, -0.25) is 4.79 Å². The summed E-state index contributed by atoms with van der Waals surface area (Å²) in [6.45, 7) is 9.02. The van der Waals surface area contributed by atoms with Crippen molar-refractivity contribution in [2.24, 2.45) is 0 Å². The fourth-order valence-corrected chi connectivity index (χ4v) is 2.87. The van der Waals surface area contributed by atoms with E-state index in [0.29, 0.717) is 32.8 Å². The Kier molecular flexibility index (Phi) is 6.57. The van der Waals surface area contributed by atoms with Gasteiger partial charge in [0, 0.05) is 13.7 Å². The molecule has 0 aliphatic carbocycles. The van der Waals surface area contributed by atoms with Crippen LogP contribution < -0.4 is 5.32 Å². The highest BCUT2D eigenvalue weighted by Gasteiger charge is 2.30. The Morgan fingerprint density at radius 1 is 1.43 bits per heavy atom. The lowest BCUT2D eigenvalue weighted by Crippen LogP contribution is -2.51. The van der Waals surface area contributed by atoms with Crippen LogP contribution in [0, 0.1) is 13.8 Å². The molecule has 1 aliphatic heterocycles. The molecule has 0 spiro atoms. The Hall–Kier alpha value is -1.43. The number of benzene rings is 1. The van der Waals surface area contributed by atoms with Gasteiger partial charge in [-0.15, -0.1) is 0 Å². The molecule has 0 bridgehead atoms. The lowest BCUT2D eigenvalue weighted by Gasteiger charge is -2.38. The summed E-state index contributed by atoms with van der Waals surface area (Å²) in [5, 5.41) is 3.12. The fraction of sp³-hybridized carbons (Fsp3) is 0.611. The van der Waals surface area contributed by atoms with E-state index in [9.17, 15) is 4.79 Å². The number of carbonyl (C=O) groups excluding carboxylic acids is 1. The van der Waals surface area contributed by atoms with Crippen LogP contribution in [0.25, 0.3) is 0 Å². The topological polar surface area (TPSA) is 50.8 Å². The standard InChI is InChI=1S/C18H28N2O3/c1-13-5-6-14(2)16(9-13)17-11-20(15(3)12-23-17)18(21)10-19-7-8-22-4/h5-6,9,15,17,19H,7-8,10-12H2,1-4H3/t15-,17-/m1/s1. The lowest BCUT2D eigenvalue weighted by atomic mass is 9.99. The number of methoxy groups -OCH3 is 1.